The van der Waals surface area contributed by atoms with Crippen LogP contribution in [0, 0.1) is 11.8 Å². The highest BCUT2D eigenvalue weighted by Gasteiger charge is 2.47. The number of aryl methyl sites for hydroxylation is 1. The normalized spacial score (nSPS) is 21.8. The Hall–Kier alpha value is -4.90. The van der Waals surface area contributed by atoms with E-state index in [-0.39, 0.29) is 23.9 Å². The molecule has 1 saturated heterocycles. The van der Waals surface area contributed by atoms with E-state index in [1.54, 1.807) is 7.11 Å². The van der Waals surface area contributed by atoms with Gasteiger partial charge in [0.1, 0.15) is 22.7 Å². The van der Waals surface area contributed by atoms with Crippen molar-refractivity contribution in [3.63, 3.8) is 0 Å². The number of pyridine rings is 1. The maximum absolute atomic E-state index is 13.7. The van der Waals surface area contributed by atoms with Crippen molar-refractivity contribution in [3.8, 4) is 17.3 Å². The fraction of sp³-hybridized carbons (Fsp3) is 0.371. The number of nitrogens with two attached hydrogens (primary N) is 1. The molecule has 11 nitrogen and oxygen atoms in total. The van der Waals surface area contributed by atoms with E-state index in [9.17, 15) is 9.59 Å². The van der Waals surface area contributed by atoms with Gasteiger partial charge in [0.15, 0.2) is 5.82 Å². The number of nitrogens with zero attached hydrogens (tertiary/aromatic N) is 5. The Morgan fingerprint density at radius 2 is 1.96 bits per heavy atom. The lowest BCUT2D eigenvalue weighted by atomic mass is 10.1. The molecular weight excluding hydrogens is 580 g/mol. The maximum Gasteiger partial charge on any atom is 0.254 e. The van der Waals surface area contributed by atoms with Crippen LogP contribution >= 0.6 is 0 Å². The van der Waals surface area contributed by atoms with Crippen molar-refractivity contribution in [2.24, 2.45) is 24.6 Å². The molecule has 11 heteroatoms. The van der Waals surface area contributed by atoms with Gasteiger partial charge in [-0.1, -0.05) is 0 Å². The second kappa shape index (κ2) is 10.1. The van der Waals surface area contributed by atoms with Crippen molar-refractivity contribution < 1.29 is 14.3 Å². The highest BCUT2D eigenvalue weighted by Crippen LogP contribution is 2.40. The molecule has 2 bridgehead atoms. The fourth-order valence-corrected chi connectivity index (χ4v) is 7.85. The van der Waals surface area contributed by atoms with Crippen LogP contribution in [0.3, 0.4) is 0 Å². The molecule has 2 aliphatic carbocycles. The lowest BCUT2D eigenvalue weighted by Crippen LogP contribution is -2.41. The Bertz CT molecular complexity index is 2090. The summed E-state index contributed by atoms with van der Waals surface area (Å²) in [4.78, 5) is 37.9. The van der Waals surface area contributed by atoms with Crippen LogP contribution in [0.1, 0.15) is 52.0 Å². The summed E-state index contributed by atoms with van der Waals surface area (Å²) in [5, 5.41) is 7.34. The molecule has 2 aromatic carbocycles. The van der Waals surface area contributed by atoms with Gasteiger partial charge in [-0.2, -0.15) is 0 Å². The Morgan fingerprint density at radius 1 is 1.09 bits per heavy atom. The van der Waals surface area contributed by atoms with Crippen LogP contribution in [0.25, 0.3) is 33.6 Å². The molecule has 234 valence electrons. The number of fused-ring (bicyclic) bond motifs is 5. The van der Waals surface area contributed by atoms with E-state index in [1.807, 2.05) is 48.3 Å². The van der Waals surface area contributed by atoms with Crippen LogP contribution < -0.4 is 21.1 Å². The molecule has 0 spiro atoms. The lowest BCUT2D eigenvalue weighted by molar-refractivity contribution is 0.0700. The van der Waals surface area contributed by atoms with Crippen molar-refractivity contribution in [2.75, 3.05) is 19.0 Å². The van der Waals surface area contributed by atoms with E-state index in [1.165, 1.54) is 12.8 Å². The number of ether oxygens (including phenoxy) is 1. The Balaban J connectivity index is 1.10. The summed E-state index contributed by atoms with van der Waals surface area (Å²) in [5.74, 6) is 3.10. The standard InChI is InChI=1S/C35H36N8O3/c1-41-31-25(12-21(14-28(31)46-2)35(45)43-17-20-5-9-26(43)30(20)36)39-33(41)27-13-19-6-10-29(40-32(19)42(27)16-18-3-4-18)38-23-7-8-24-22(11-23)15-37-34(24)44/h6-8,10-14,18,20,26,30H,3-5,9,15-17,36H2,1-2H3,(H,37,44)(H,38,40)/t20?,26?,30-/m1/s1. The Morgan fingerprint density at radius 3 is 2.72 bits per heavy atom. The lowest BCUT2D eigenvalue weighted by Gasteiger charge is -2.27. The predicted molar refractivity (Wildman–Crippen MR) is 175 cm³/mol. The third-order valence-electron chi connectivity index (χ3n) is 10.5. The predicted octanol–water partition coefficient (Wildman–Crippen LogP) is 4.56. The first-order chi connectivity index (χ1) is 22.4. The number of likely N-dealkylation sites (tertiary alicyclic amines) is 1. The van der Waals surface area contributed by atoms with Gasteiger partial charge in [0.25, 0.3) is 11.8 Å². The number of nitrogens with one attached hydrogen (secondary N) is 2. The van der Waals surface area contributed by atoms with E-state index in [4.69, 9.17) is 20.4 Å². The molecule has 5 aromatic rings. The van der Waals surface area contributed by atoms with Crippen LogP contribution in [-0.2, 0) is 20.1 Å². The molecular formula is C35H36N8O3. The van der Waals surface area contributed by atoms with Crippen LogP contribution in [0.15, 0.2) is 48.5 Å². The summed E-state index contributed by atoms with van der Waals surface area (Å²) in [6.45, 7) is 2.10. The summed E-state index contributed by atoms with van der Waals surface area (Å²) < 4.78 is 10.2. The van der Waals surface area contributed by atoms with Gasteiger partial charge in [-0.05, 0) is 91.6 Å². The minimum absolute atomic E-state index is 0.00615. The number of benzene rings is 2. The average Bonchev–Trinajstić information content (AvgIpc) is 3.25. The zero-order valence-electron chi connectivity index (χ0n) is 25.9. The number of hydrogen-bond donors (Lipinski definition) is 3. The molecule has 9 rings (SSSR count). The SMILES string of the molecule is COc1cc(C(=O)N2CC3CCC2[C@@H]3N)cc2nc(-c3cc4ccc(Nc5ccc6c(c5)CNC6=O)nc4n3CC3CC3)n(C)c12. The summed E-state index contributed by atoms with van der Waals surface area (Å²) in [6.07, 6.45) is 4.45. The van der Waals surface area contributed by atoms with Crippen molar-refractivity contribution in [1.82, 2.24) is 29.3 Å². The molecule has 4 aliphatic rings. The largest absolute Gasteiger partial charge is 0.494 e. The molecule has 0 radical (unpaired) electrons. The topological polar surface area (TPSA) is 132 Å². The maximum atomic E-state index is 13.7. The van der Waals surface area contributed by atoms with Crippen LogP contribution in [0.2, 0.25) is 0 Å². The average molecular weight is 617 g/mol. The highest BCUT2D eigenvalue weighted by molar-refractivity contribution is 6.01. The van der Waals surface area contributed by atoms with Crippen LogP contribution in [0.4, 0.5) is 11.5 Å². The van der Waals surface area contributed by atoms with Crippen molar-refractivity contribution in [2.45, 2.75) is 50.9 Å². The quantitative estimate of drug-likeness (QED) is 0.244. The number of imidazole rings is 1. The molecule has 2 amide bonds. The Kier molecular flexibility index (Phi) is 5.99. The van der Waals surface area contributed by atoms with Gasteiger partial charge in [0, 0.05) is 61.0 Å². The van der Waals surface area contributed by atoms with E-state index < -0.39 is 0 Å². The molecule has 3 fully saturated rings. The third-order valence-corrected chi connectivity index (χ3v) is 10.5. The summed E-state index contributed by atoms with van der Waals surface area (Å²) in [6, 6.07) is 15.9. The highest BCUT2D eigenvalue weighted by atomic mass is 16.5. The molecule has 3 aromatic heterocycles. The second-order valence-electron chi connectivity index (χ2n) is 13.4. The molecule has 2 aliphatic heterocycles. The van der Waals surface area contributed by atoms with E-state index >= 15 is 0 Å². The first-order valence-electron chi connectivity index (χ1n) is 16.2. The molecule has 3 atom stereocenters. The number of carbonyl (C=O) groups is 2. The summed E-state index contributed by atoms with van der Waals surface area (Å²) >= 11 is 0. The van der Waals surface area contributed by atoms with Gasteiger partial charge in [-0.3, -0.25) is 9.59 Å². The molecule has 5 heterocycles. The fourth-order valence-electron chi connectivity index (χ4n) is 7.85. The van der Waals surface area contributed by atoms with E-state index in [0.717, 1.165) is 75.6 Å². The van der Waals surface area contributed by atoms with Crippen molar-refractivity contribution in [1.29, 1.82) is 0 Å². The second-order valence-corrected chi connectivity index (χ2v) is 13.4. The number of aromatic nitrogens is 4. The number of anilines is 2. The Labute approximate surface area is 265 Å². The smallest absolute Gasteiger partial charge is 0.254 e. The number of amides is 2. The number of carbonyl (C=O) groups excluding carboxylic acids is 2. The first kappa shape index (κ1) is 27.4. The number of rotatable bonds is 7. The molecule has 4 N–H and O–H groups in total. The van der Waals surface area contributed by atoms with Gasteiger partial charge in [0.05, 0.1) is 18.3 Å². The van der Waals surface area contributed by atoms with Crippen molar-refractivity contribution >= 4 is 45.4 Å². The van der Waals surface area contributed by atoms with Gasteiger partial charge < -0.3 is 35.1 Å². The zero-order chi connectivity index (χ0) is 31.3. The molecule has 2 saturated carbocycles. The van der Waals surface area contributed by atoms with Gasteiger partial charge in [-0.25, -0.2) is 9.97 Å². The number of hydrogen-bond acceptors (Lipinski definition) is 7. The monoisotopic (exact) mass is 616 g/mol. The summed E-state index contributed by atoms with van der Waals surface area (Å²) in [5.41, 5.74) is 13.0. The van der Waals surface area contributed by atoms with Gasteiger partial charge >= 0.3 is 0 Å². The third kappa shape index (κ3) is 4.21. The van der Waals surface area contributed by atoms with Crippen LogP contribution in [-0.4, -0.2) is 61.6 Å². The minimum Gasteiger partial charge on any atom is -0.494 e. The zero-order valence-corrected chi connectivity index (χ0v) is 25.9. The summed E-state index contributed by atoms with van der Waals surface area (Å²) in [7, 11) is 3.64. The van der Waals surface area contributed by atoms with Crippen LogP contribution in [0.5, 0.6) is 5.75 Å². The minimum atomic E-state index is -0.0305. The molecule has 2 unspecified atom stereocenters. The van der Waals surface area contributed by atoms with E-state index in [0.29, 0.717) is 36.2 Å². The van der Waals surface area contributed by atoms with Gasteiger partial charge in [0.2, 0.25) is 0 Å². The number of methoxy groups -OCH3 is 1. The molecule has 46 heavy (non-hydrogen) atoms. The van der Waals surface area contributed by atoms with Crippen molar-refractivity contribution in [3.05, 3.63) is 65.2 Å². The van der Waals surface area contributed by atoms with E-state index in [2.05, 4.69) is 31.9 Å². The van der Waals surface area contributed by atoms with Gasteiger partial charge in [-0.15, -0.1) is 0 Å². The number of piperidine rings is 1. The first-order valence-corrected chi connectivity index (χ1v) is 16.2.